The van der Waals surface area contributed by atoms with Crippen molar-refractivity contribution in [2.45, 2.75) is 53.2 Å². The van der Waals surface area contributed by atoms with E-state index in [9.17, 15) is 13.2 Å². The highest BCUT2D eigenvalue weighted by Gasteiger charge is 2.33. The minimum atomic E-state index is -3.93. The van der Waals surface area contributed by atoms with Gasteiger partial charge in [-0.3, -0.25) is 4.79 Å². The zero-order valence-electron chi connectivity index (χ0n) is 14.9. The van der Waals surface area contributed by atoms with E-state index in [1.807, 2.05) is 6.92 Å². The van der Waals surface area contributed by atoms with E-state index in [0.717, 1.165) is 19.4 Å². The lowest BCUT2D eigenvalue weighted by molar-refractivity contribution is 0.0925. The third kappa shape index (κ3) is 4.77. The maximum atomic E-state index is 13.1. The van der Waals surface area contributed by atoms with E-state index in [4.69, 9.17) is 9.88 Å². The van der Waals surface area contributed by atoms with Crippen LogP contribution in [0.3, 0.4) is 0 Å². The van der Waals surface area contributed by atoms with Crippen molar-refractivity contribution in [3.63, 3.8) is 0 Å². The predicted molar refractivity (Wildman–Crippen MR) is 115 cm³/mol. The molecule has 2 aliphatic rings. The van der Waals surface area contributed by atoms with E-state index in [2.05, 4.69) is 49.2 Å². The Balaban J connectivity index is 1.94. The summed E-state index contributed by atoms with van der Waals surface area (Å²) in [5.74, 6) is 0.109. The number of primary sulfonamides is 1. The van der Waals surface area contributed by atoms with Gasteiger partial charge in [-0.1, -0.05) is 45.4 Å². The summed E-state index contributed by atoms with van der Waals surface area (Å²) in [7, 11) is -3.93. The van der Waals surface area contributed by atoms with Crippen molar-refractivity contribution >= 4 is 54.5 Å². The lowest BCUT2D eigenvalue weighted by atomic mass is 10.0. The average Bonchev–Trinajstić information content (AvgIpc) is 3.26. The van der Waals surface area contributed by atoms with Crippen LogP contribution in [-0.2, 0) is 16.4 Å². The number of halogens is 2. The maximum absolute atomic E-state index is 13.1. The molecule has 0 radical (unpaired) electrons. The number of fused-ring (bicyclic) bond motifs is 1. The fourth-order valence-corrected chi connectivity index (χ4v) is 5.24. The molecule has 2 heterocycles. The first-order valence-corrected chi connectivity index (χ1v) is 12.7. The van der Waals surface area contributed by atoms with Gasteiger partial charge in [-0.2, -0.15) is 0 Å². The molecule has 0 spiro atoms. The lowest BCUT2D eigenvalue weighted by Crippen LogP contribution is -2.51. The zero-order chi connectivity index (χ0) is 19.8. The highest BCUT2D eigenvalue weighted by molar-refractivity contribution is 14.1. The van der Waals surface area contributed by atoms with Crippen molar-refractivity contribution < 1.29 is 17.9 Å². The molecule has 4 atom stereocenters. The van der Waals surface area contributed by atoms with Gasteiger partial charge < -0.3 is 15.4 Å². The first kappa shape index (κ1) is 21.3. The summed E-state index contributed by atoms with van der Waals surface area (Å²) in [4.78, 5) is 13.0. The van der Waals surface area contributed by atoms with E-state index in [-0.39, 0.29) is 38.5 Å². The molecule has 4 N–H and O–H groups in total. The van der Waals surface area contributed by atoms with Crippen LogP contribution in [0.5, 0.6) is 5.75 Å². The minimum Gasteiger partial charge on any atom is -0.488 e. The van der Waals surface area contributed by atoms with Crippen molar-refractivity contribution in [1.29, 1.82) is 0 Å². The Hall–Kier alpha value is -0.430. The van der Waals surface area contributed by atoms with Crippen LogP contribution in [0.4, 0.5) is 0 Å². The van der Waals surface area contributed by atoms with Crippen LogP contribution in [0.1, 0.15) is 35.7 Å². The molecule has 10 heteroatoms. The van der Waals surface area contributed by atoms with Crippen molar-refractivity contribution in [3.8, 4) is 5.75 Å². The number of hydrogen-bond donors (Lipinski definition) is 3. The number of rotatable bonds is 6. The molecule has 0 bridgehead atoms. The third-order valence-electron chi connectivity index (χ3n) is 4.94. The molecule has 1 aromatic carbocycles. The van der Waals surface area contributed by atoms with E-state index >= 15 is 0 Å². The highest BCUT2D eigenvalue weighted by atomic mass is 127. The summed E-state index contributed by atoms with van der Waals surface area (Å²) >= 11 is 5.69. The van der Waals surface area contributed by atoms with Gasteiger partial charge in [-0.05, 0) is 31.5 Å². The average molecular weight is 572 g/mol. The van der Waals surface area contributed by atoms with Gasteiger partial charge in [0.2, 0.25) is 10.0 Å². The molecule has 1 aromatic rings. The van der Waals surface area contributed by atoms with Crippen LogP contribution in [0.25, 0.3) is 0 Å². The van der Waals surface area contributed by atoms with Crippen LogP contribution in [0, 0.1) is 0 Å². The van der Waals surface area contributed by atoms with E-state index in [0.29, 0.717) is 23.1 Å². The summed E-state index contributed by atoms with van der Waals surface area (Å²) < 4.78 is 29.9. The topological polar surface area (TPSA) is 111 Å². The SMILES string of the molecule is CC(I)C(NC(=O)c1cc(S(N)(=O)=O)cc2c1OC(CBr)C2)C1CCCN1. The van der Waals surface area contributed by atoms with Crippen molar-refractivity contribution in [1.82, 2.24) is 10.6 Å². The van der Waals surface area contributed by atoms with Crippen molar-refractivity contribution in [2.75, 3.05) is 11.9 Å². The summed E-state index contributed by atoms with van der Waals surface area (Å²) in [5.41, 5.74) is 0.911. The molecule has 0 aliphatic carbocycles. The fourth-order valence-electron chi connectivity index (χ4n) is 3.61. The molecule has 1 fully saturated rings. The summed E-state index contributed by atoms with van der Waals surface area (Å²) in [5, 5.41) is 12.4. The van der Waals surface area contributed by atoms with Gasteiger partial charge in [0.1, 0.15) is 11.9 Å². The number of nitrogens with two attached hydrogens (primary N) is 1. The number of benzene rings is 1. The summed E-state index contributed by atoms with van der Waals surface area (Å²) in [6.07, 6.45) is 2.46. The van der Waals surface area contributed by atoms with Gasteiger partial charge in [0, 0.05) is 27.3 Å². The van der Waals surface area contributed by atoms with E-state index < -0.39 is 10.0 Å². The molecular weight excluding hydrogens is 549 g/mol. The Morgan fingerprint density at radius 2 is 2.26 bits per heavy atom. The number of hydrogen-bond acceptors (Lipinski definition) is 5. The highest BCUT2D eigenvalue weighted by Crippen LogP contribution is 2.35. The predicted octanol–water partition coefficient (Wildman–Crippen LogP) is 1.71. The maximum Gasteiger partial charge on any atom is 0.255 e. The molecule has 27 heavy (non-hydrogen) atoms. The molecular formula is C17H23BrIN3O4S. The van der Waals surface area contributed by atoms with Crippen LogP contribution in [-0.4, -0.2) is 48.3 Å². The largest absolute Gasteiger partial charge is 0.488 e. The Bertz CT molecular complexity index is 828. The fraction of sp³-hybridized carbons (Fsp3) is 0.588. The van der Waals surface area contributed by atoms with Crippen molar-refractivity contribution in [3.05, 3.63) is 23.3 Å². The van der Waals surface area contributed by atoms with Gasteiger partial charge >= 0.3 is 0 Å². The molecule has 1 amide bonds. The Morgan fingerprint density at radius 3 is 2.81 bits per heavy atom. The zero-order valence-corrected chi connectivity index (χ0v) is 19.4. The standard InChI is InChI=1S/C17H23BrIN3O4S/c1-9(19)15(14-3-2-4-21-14)22-17(23)13-7-12(27(20,24)25)6-10-5-11(8-18)26-16(10)13/h6-7,9,11,14-15,21H,2-5,8H2,1H3,(H,22,23)(H2,20,24,25). The second-order valence-electron chi connectivity index (χ2n) is 6.98. The molecule has 3 rings (SSSR count). The van der Waals surface area contributed by atoms with Crippen LogP contribution in [0.15, 0.2) is 17.0 Å². The second kappa shape index (κ2) is 8.52. The first-order chi connectivity index (χ1) is 12.7. The van der Waals surface area contributed by atoms with Gasteiger partial charge in [0.05, 0.1) is 16.5 Å². The lowest BCUT2D eigenvalue weighted by Gasteiger charge is -2.28. The number of alkyl halides is 2. The van der Waals surface area contributed by atoms with E-state index in [1.165, 1.54) is 12.1 Å². The number of ether oxygens (including phenoxy) is 1. The van der Waals surface area contributed by atoms with Crippen LogP contribution < -0.4 is 20.5 Å². The molecule has 0 aromatic heterocycles. The second-order valence-corrected chi connectivity index (χ2v) is 11.2. The van der Waals surface area contributed by atoms with Gasteiger partial charge in [-0.25, -0.2) is 13.6 Å². The Labute approximate surface area is 181 Å². The van der Waals surface area contributed by atoms with Crippen molar-refractivity contribution in [2.24, 2.45) is 5.14 Å². The molecule has 2 aliphatic heterocycles. The molecule has 4 unspecified atom stereocenters. The van der Waals surface area contributed by atoms with Gasteiger partial charge in [0.25, 0.3) is 5.91 Å². The number of nitrogens with one attached hydrogen (secondary N) is 2. The molecule has 0 saturated carbocycles. The van der Waals surface area contributed by atoms with E-state index in [1.54, 1.807) is 0 Å². The normalized spacial score (nSPS) is 24.1. The van der Waals surface area contributed by atoms with Crippen LogP contribution in [0.2, 0.25) is 0 Å². The monoisotopic (exact) mass is 571 g/mol. The number of sulfonamides is 1. The Morgan fingerprint density at radius 1 is 1.52 bits per heavy atom. The van der Waals surface area contributed by atoms with Crippen LogP contribution >= 0.6 is 38.5 Å². The molecule has 7 nitrogen and oxygen atoms in total. The number of carbonyl (C=O) groups is 1. The minimum absolute atomic E-state index is 0.0664. The smallest absolute Gasteiger partial charge is 0.255 e. The Kier molecular flexibility index (Phi) is 6.71. The van der Waals surface area contributed by atoms with Gasteiger partial charge in [-0.15, -0.1) is 0 Å². The number of amides is 1. The number of carbonyl (C=O) groups excluding carboxylic acids is 1. The summed E-state index contributed by atoms with van der Waals surface area (Å²) in [6.45, 7) is 2.99. The third-order valence-corrected chi connectivity index (χ3v) is 7.33. The molecule has 150 valence electrons. The van der Waals surface area contributed by atoms with Gasteiger partial charge in [0.15, 0.2) is 0 Å². The summed E-state index contributed by atoms with van der Waals surface area (Å²) in [6, 6.07) is 2.95. The quantitative estimate of drug-likeness (QED) is 0.356. The first-order valence-electron chi connectivity index (χ1n) is 8.81. The molecule has 1 saturated heterocycles.